The van der Waals surface area contributed by atoms with Crippen molar-refractivity contribution in [1.29, 1.82) is 0 Å². The summed E-state index contributed by atoms with van der Waals surface area (Å²) in [7, 11) is 0. The normalized spacial score (nSPS) is 20.1. The predicted octanol–water partition coefficient (Wildman–Crippen LogP) is 2.00. The number of thiophene rings is 1. The Morgan fingerprint density at radius 3 is 2.80 bits per heavy atom. The molecule has 1 saturated heterocycles. The van der Waals surface area contributed by atoms with Crippen molar-refractivity contribution in [3.05, 3.63) is 21.3 Å². The molecule has 0 aromatic carbocycles. The van der Waals surface area contributed by atoms with Gasteiger partial charge >= 0.3 is 0 Å². The van der Waals surface area contributed by atoms with Crippen LogP contribution in [0.3, 0.4) is 0 Å². The van der Waals surface area contributed by atoms with Crippen LogP contribution in [0.1, 0.15) is 16.1 Å². The van der Waals surface area contributed by atoms with E-state index in [0.717, 1.165) is 13.0 Å². The average Bonchev–Trinajstić information content (AvgIpc) is 2.73. The van der Waals surface area contributed by atoms with Gasteiger partial charge < -0.3 is 10.6 Å². The van der Waals surface area contributed by atoms with Crippen molar-refractivity contribution in [2.24, 2.45) is 5.73 Å². The fourth-order valence-electron chi connectivity index (χ4n) is 1.56. The average molecular weight is 267 g/mol. The Morgan fingerprint density at radius 2 is 2.33 bits per heavy atom. The Labute approximate surface area is 104 Å². The Bertz CT molecular complexity index is 356. The summed E-state index contributed by atoms with van der Waals surface area (Å²) in [5.74, 6) is 0.0508. The largest absolute Gasteiger partial charge is 0.336 e. The summed E-state index contributed by atoms with van der Waals surface area (Å²) in [5, 5.41) is 0. The number of hydrogen-bond donors (Lipinski definition) is 1. The molecule has 1 amide bonds. The smallest absolute Gasteiger partial charge is 0.264 e. The van der Waals surface area contributed by atoms with Crippen LogP contribution in [-0.4, -0.2) is 29.9 Å². The monoisotopic (exact) mass is 266 g/mol. The van der Waals surface area contributed by atoms with Crippen LogP contribution >= 0.6 is 35.3 Å². The molecule has 2 rings (SSSR count). The second-order valence-corrected chi connectivity index (χ2v) is 5.12. The Hall–Kier alpha value is -0.290. The molecule has 1 aromatic heterocycles. The molecule has 1 unspecified atom stereocenters. The Balaban J connectivity index is 0.00000112. The van der Waals surface area contributed by atoms with Gasteiger partial charge in [-0.15, -0.1) is 23.7 Å². The van der Waals surface area contributed by atoms with Crippen molar-refractivity contribution in [2.75, 3.05) is 13.1 Å². The van der Waals surface area contributed by atoms with E-state index in [1.54, 1.807) is 17.0 Å². The maximum absolute atomic E-state index is 11.8. The topological polar surface area (TPSA) is 46.3 Å². The van der Waals surface area contributed by atoms with Gasteiger partial charge in [0.1, 0.15) is 0 Å². The highest BCUT2D eigenvalue weighted by Gasteiger charge is 2.25. The van der Waals surface area contributed by atoms with Crippen LogP contribution in [0.15, 0.2) is 12.1 Å². The summed E-state index contributed by atoms with van der Waals surface area (Å²) >= 11 is 7.08. The molecule has 3 nitrogen and oxygen atoms in total. The van der Waals surface area contributed by atoms with Crippen LogP contribution in [0.4, 0.5) is 0 Å². The molecule has 84 valence electrons. The van der Waals surface area contributed by atoms with Crippen molar-refractivity contribution in [3.8, 4) is 0 Å². The number of nitrogens with zero attached hydrogens (tertiary/aromatic N) is 1. The molecule has 1 aromatic rings. The summed E-state index contributed by atoms with van der Waals surface area (Å²) in [6.45, 7) is 1.42. The van der Waals surface area contributed by atoms with Crippen LogP contribution in [0.5, 0.6) is 0 Å². The van der Waals surface area contributed by atoms with Crippen LogP contribution in [0.25, 0.3) is 0 Å². The summed E-state index contributed by atoms with van der Waals surface area (Å²) in [5.41, 5.74) is 5.73. The van der Waals surface area contributed by atoms with Crippen molar-refractivity contribution < 1.29 is 4.79 Å². The second kappa shape index (κ2) is 5.16. The summed E-state index contributed by atoms with van der Waals surface area (Å²) in [6, 6.07) is 3.64. The second-order valence-electron chi connectivity index (χ2n) is 3.40. The molecular formula is C9H12Cl2N2OS. The van der Waals surface area contributed by atoms with E-state index in [0.29, 0.717) is 15.8 Å². The maximum Gasteiger partial charge on any atom is 0.264 e. The molecule has 1 atom stereocenters. The highest BCUT2D eigenvalue weighted by Crippen LogP contribution is 2.23. The number of nitrogens with two attached hydrogens (primary N) is 1. The van der Waals surface area contributed by atoms with E-state index < -0.39 is 0 Å². The van der Waals surface area contributed by atoms with Crippen molar-refractivity contribution in [1.82, 2.24) is 4.90 Å². The third-order valence-electron chi connectivity index (χ3n) is 2.30. The third kappa shape index (κ3) is 2.84. The number of rotatable bonds is 1. The molecule has 1 aliphatic rings. The highest BCUT2D eigenvalue weighted by molar-refractivity contribution is 7.17. The van der Waals surface area contributed by atoms with Gasteiger partial charge in [0.15, 0.2) is 0 Å². The molecule has 6 heteroatoms. The van der Waals surface area contributed by atoms with Crippen LogP contribution in [0, 0.1) is 0 Å². The third-order valence-corrected chi connectivity index (χ3v) is 3.52. The van der Waals surface area contributed by atoms with Crippen LogP contribution < -0.4 is 5.73 Å². The summed E-state index contributed by atoms with van der Waals surface area (Å²) in [6.07, 6.45) is 0.894. The van der Waals surface area contributed by atoms with Gasteiger partial charge in [0.2, 0.25) is 0 Å². The van der Waals surface area contributed by atoms with Crippen LogP contribution in [0.2, 0.25) is 4.34 Å². The lowest BCUT2D eigenvalue weighted by molar-refractivity contribution is 0.0795. The highest BCUT2D eigenvalue weighted by atomic mass is 35.5. The molecule has 1 fully saturated rings. The maximum atomic E-state index is 11.8. The first kappa shape index (κ1) is 12.8. The number of likely N-dealkylation sites (tertiary alicyclic amines) is 1. The molecule has 2 N–H and O–H groups in total. The number of carbonyl (C=O) groups excluding carboxylic acids is 1. The lowest BCUT2D eigenvalue weighted by atomic mass is 10.3. The molecule has 0 spiro atoms. The minimum Gasteiger partial charge on any atom is -0.336 e. The minimum atomic E-state index is 0. The van der Waals surface area contributed by atoms with E-state index in [1.807, 2.05) is 0 Å². The van der Waals surface area contributed by atoms with Crippen molar-refractivity contribution in [2.45, 2.75) is 12.5 Å². The summed E-state index contributed by atoms with van der Waals surface area (Å²) < 4.78 is 0.650. The van der Waals surface area contributed by atoms with Gasteiger partial charge in [-0.3, -0.25) is 4.79 Å². The summed E-state index contributed by atoms with van der Waals surface area (Å²) in [4.78, 5) is 14.3. The fourth-order valence-corrected chi connectivity index (χ4v) is 2.57. The molecule has 0 saturated carbocycles. The van der Waals surface area contributed by atoms with Gasteiger partial charge in [0, 0.05) is 19.1 Å². The molecule has 2 heterocycles. The quantitative estimate of drug-likeness (QED) is 0.845. The zero-order valence-corrected chi connectivity index (χ0v) is 10.4. The lowest BCUT2D eigenvalue weighted by Crippen LogP contribution is -2.31. The van der Waals surface area contributed by atoms with Crippen molar-refractivity contribution in [3.63, 3.8) is 0 Å². The van der Waals surface area contributed by atoms with Gasteiger partial charge in [0.05, 0.1) is 9.21 Å². The molecule has 15 heavy (non-hydrogen) atoms. The Morgan fingerprint density at radius 1 is 1.60 bits per heavy atom. The van der Waals surface area contributed by atoms with Gasteiger partial charge in [-0.05, 0) is 18.6 Å². The zero-order valence-electron chi connectivity index (χ0n) is 7.98. The first-order valence-electron chi connectivity index (χ1n) is 4.47. The van der Waals surface area contributed by atoms with E-state index in [2.05, 4.69) is 0 Å². The molecule has 0 bridgehead atoms. The Kier molecular flexibility index (Phi) is 4.40. The standard InChI is InChI=1S/C9H11ClN2OS.ClH/c10-8-2-1-7(14-8)9(13)12-4-3-6(11)5-12;/h1-2,6H,3-5,11H2;1H. The molecular weight excluding hydrogens is 255 g/mol. The van der Waals surface area contributed by atoms with Gasteiger partial charge in [-0.2, -0.15) is 0 Å². The minimum absolute atomic E-state index is 0. The number of amides is 1. The molecule has 0 radical (unpaired) electrons. The van der Waals surface area contributed by atoms with E-state index in [1.165, 1.54) is 11.3 Å². The van der Waals surface area contributed by atoms with E-state index in [-0.39, 0.29) is 24.4 Å². The van der Waals surface area contributed by atoms with Crippen molar-refractivity contribution >= 4 is 41.3 Å². The fraction of sp³-hybridized carbons (Fsp3) is 0.444. The van der Waals surface area contributed by atoms with Gasteiger partial charge in [-0.25, -0.2) is 0 Å². The SMILES string of the molecule is Cl.NC1CCN(C(=O)c2ccc(Cl)s2)C1. The van der Waals surface area contributed by atoms with Gasteiger partial charge in [0.25, 0.3) is 5.91 Å². The molecule has 1 aliphatic heterocycles. The predicted molar refractivity (Wildman–Crippen MR) is 65.1 cm³/mol. The first-order chi connectivity index (χ1) is 6.66. The number of halogens is 2. The van der Waals surface area contributed by atoms with E-state index in [9.17, 15) is 4.79 Å². The molecule has 0 aliphatic carbocycles. The lowest BCUT2D eigenvalue weighted by Gasteiger charge is -2.13. The van der Waals surface area contributed by atoms with Gasteiger partial charge in [-0.1, -0.05) is 11.6 Å². The number of carbonyl (C=O) groups is 1. The zero-order chi connectivity index (χ0) is 10.1. The number of hydrogen-bond acceptors (Lipinski definition) is 3. The first-order valence-corrected chi connectivity index (χ1v) is 5.66. The van der Waals surface area contributed by atoms with Crippen LogP contribution in [-0.2, 0) is 0 Å². The van der Waals surface area contributed by atoms with E-state index in [4.69, 9.17) is 17.3 Å². The van der Waals surface area contributed by atoms with E-state index >= 15 is 0 Å².